The van der Waals surface area contributed by atoms with Crippen molar-refractivity contribution < 1.29 is 16.8 Å². The van der Waals surface area contributed by atoms with E-state index >= 15 is 0 Å². The van der Waals surface area contributed by atoms with Gasteiger partial charge in [0.2, 0.25) is 10.0 Å². The van der Waals surface area contributed by atoms with Crippen molar-refractivity contribution >= 4 is 19.9 Å². The van der Waals surface area contributed by atoms with Crippen molar-refractivity contribution in [3.63, 3.8) is 0 Å². The fourth-order valence-electron chi connectivity index (χ4n) is 3.60. The van der Waals surface area contributed by atoms with E-state index in [0.717, 1.165) is 11.1 Å². The highest BCUT2D eigenvalue weighted by Crippen LogP contribution is 2.24. The molecule has 24 heavy (non-hydrogen) atoms. The third kappa shape index (κ3) is 3.51. The maximum Gasteiger partial charge on any atom is 0.243 e. The minimum atomic E-state index is -3.49. The molecule has 2 aliphatic heterocycles. The number of rotatable bonds is 3. The van der Waals surface area contributed by atoms with E-state index < -0.39 is 19.9 Å². The monoisotopic (exact) mass is 372 g/mol. The summed E-state index contributed by atoms with van der Waals surface area (Å²) in [5.41, 5.74) is 1.80. The van der Waals surface area contributed by atoms with Crippen LogP contribution in [0.15, 0.2) is 23.1 Å². The average molecular weight is 373 g/mol. The molecule has 0 aliphatic carbocycles. The largest absolute Gasteiger partial charge is 0.297 e. The molecule has 2 heterocycles. The maximum atomic E-state index is 12.9. The molecule has 0 radical (unpaired) electrons. The fourth-order valence-corrected chi connectivity index (χ4v) is 6.99. The quantitative estimate of drug-likeness (QED) is 0.784. The first-order valence-corrected chi connectivity index (χ1v) is 11.5. The van der Waals surface area contributed by atoms with Crippen molar-refractivity contribution in [2.75, 3.05) is 37.7 Å². The van der Waals surface area contributed by atoms with E-state index in [0.29, 0.717) is 37.5 Å². The van der Waals surface area contributed by atoms with Crippen molar-refractivity contribution in [1.29, 1.82) is 0 Å². The van der Waals surface area contributed by atoms with Crippen molar-refractivity contribution in [2.24, 2.45) is 0 Å². The highest BCUT2D eigenvalue weighted by molar-refractivity contribution is 7.91. The van der Waals surface area contributed by atoms with Crippen LogP contribution < -0.4 is 0 Å². The van der Waals surface area contributed by atoms with Crippen molar-refractivity contribution in [3.05, 3.63) is 29.3 Å². The average Bonchev–Trinajstić information content (AvgIpc) is 2.87. The molecular weight excluding hydrogens is 348 g/mol. The number of aryl methyl sites for hydroxylation is 2. The van der Waals surface area contributed by atoms with Gasteiger partial charge >= 0.3 is 0 Å². The lowest BCUT2D eigenvalue weighted by Gasteiger charge is -2.37. The molecule has 0 saturated carbocycles. The van der Waals surface area contributed by atoms with Crippen molar-refractivity contribution in [1.82, 2.24) is 9.21 Å². The zero-order valence-electron chi connectivity index (χ0n) is 14.1. The van der Waals surface area contributed by atoms with Crippen LogP contribution in [-0.4, -0.2) is 69.8 Å². The number of sulfone groups is 1. The van der Waals surface area contributed by atoms with Gasteiger partial charge in [-0.05, 0) is 31.9 Å². The minimum absolute atomic E-state index is 0.0426. The first-order valence-electron chi connectivity index (χ1n) is 8.21. The first-order chi connectivity index (χ1) is 11.2. The number of benzene rings is 1. The Morgan fingerprint density at radius 3 is 2.29 bits per heavy atom. The summed E-state index contributed by atoms with van der Waals surface area (Å²) >= 11 is 0. The van der Waals surface area contributed by atoms with Gasteiger partial charge in [-0.2, -0.15) is 4.31 Å². The zero-order chi connectivity index (χ0) is 17.5. The van der Waals surface area contributed by atoms with Crippen LogP contribution in [-0.2, 0) is 19.9 Å². The molecule has 8 heteroatoms. The summed E-state index contributed by atoms with van der Waals surface area (Å²) < 4.78 is 50.5. The second-order valence-electron chi connectivity index (χ2n) is 6.77. The number of nitrogens with zero attached hydrogens (tertiary/aromatic N) is 2. The lowest BCUT2D eigenvalue weighted by molar-refractivity contribution is 0.148. The van der Waals surface area contributed by atoms with Crippen molar-refractivity contribution in [2.45, 2.75) is 31.2 Å². The fraction of sp³-hybridized carbons (Fsp3) is 0.625. The molecule has 0 amide bonds. The van der Waals surface area contributed by atoms with Gasteiger partial charge in [-0.25, -0.2) is 16.8 Å². The van der Waals surface area contributed by atoms with Gasteiger partial charge in [0.25, 0.3) is 0 Å². The highest BCUT2D eigenvalue weighted by Gasteiger charge is 2.36. The lowest BCUT2D eigenvalue weighted by atomic mass is 10.2. The Bertz CT molecular complexity index is 826. The molecular formula is C16H24N2O4S2. The topological polar surface area (TPSA) is 74.8 Å². The standard InChI is InChI=1S/C16H24N2O4S2/c1-13-3-4-16(14(2)11-13)24(21,22)18-8-6-17(7-9-18)15-5-10-23(19,20)12-15/h3-4,11,15H,5-10,12H2,1-2H3. The molecule has 1 aromatic rings. The second-order valence-corrected chi connectivity index (χ2v) is 10.9. The second kappa shape index (κ2) is 6.40. The maximum absolute atomic E-state index is 12.9. The van der Waals surface area contributed by atoms with Crippen molar-refractivity contribution in [3.8, 4) is 0 Å². The van der Waals surface area contributed by atoms with Gasteiger partial charge in [-0.3, -0.25) is 4.90 Å². The van der Waals surface area contributed by atoms with Gasteiger partial charge in [-0.15, -0.1) is 0 Å². The summed E-state index contributed by atoms with van der Waals surface area (Å²) in [4.78, 5) is 2.49. The van der Waals surface area contributed by atoms with Crippen LogP contribution in [0.4, 0.5) is 0 Å². The van der Waals surface area contributed by atoms with Crippen LogP contribution in [0.1, 0.15) is 17.5 Å². The van der Waals surface area contributed by atoms with Gasteiger partial charge in [0, 0.05) is 32.2 Å². The normalized spacial score (nSPS) is 25.8. The van der Waals surface area contributed by atoms with Gasteiger partial charge in [0.1, 0.15) is 0 Å². The molecule has 0 N–H and O–H groups in total. The Kier molecular flexibility index (Phi) is 4.76. The van der Waals surface area contributed by atoms with Crippen LogP contribution in [0.2, 0.25) is 0 Å². The van der Waals surface area contributed by atoms with E-state index in [1.807, 2.05) is 26.0 Å². The lowest BCUT2D eigenvalue weighted by Crippen LogP contribution is -2.52. The molecule has 1 unspecified atom stereocenters. The molecule has 6 nitrogen and oxygen atoms in total. The predicted octanol–water partition coefficient (Wildman–Crippen LogP) is 0.797. The molecule has 1 aromatic carbocycles. The number of piperazine rings is 1. The van der Waals surface area contributed by atoms with Crippen LogP contribution >= 0.6 is 0 Å². The molecule has 1 atom stereocenters. The first kappa shape index (κ1) is 17.8. The number of hydrogen-bond donors (Lipinski definition) is 0. The molecule has 0 bridgehead atoms. The van der Waals surface area contributed by atoms with Gasteiger partial charge < -0.3 is 0 Å². The molecule has 2 aliphatic rings. The predicted molar refractivity (Wildman–Crippen MR) is 93.3 cm³/mol. The van der Waals surface area contributed by atoms with E-state index in [1.165, 1.54) is 4.31 Å². The van der Waals surface area contributed by atoms with Gasteiger partial charge in [0.15, 0.2) is 9.84 Å². The van der Waals surface area contributed by atoms with E-state index in [-0.39, 0.29) is 17.5 Å². The molecule has 0 spiro atoms. The number of hydrogen-bond acceptors (Lipinski definition) is 5. The van der Waals surface area contributed by atoms with E-state index in [9.17, 15) is 16.8 Å². The summed E-state index contributed by atoms with van der Waals surface area (Å²) in [5.74, 6) is 0.454. The Balaban J connectivity index is 1.70. The Morgan fingerprint density at radius 1 is 1.08 bits per heavy atom. The summed E-state index contributed by atoms with van der Waals surface area (Å²) in [6.07, 6.45) is 0.659. The summed E-state index contributed by atoms with van der Waals surface area (Å²) in [7, 11) is -6.40. The molecule has 134 valence electrons. The summed E-state index contributed by atoms with van der Waals surface area (Å²) in [6, 6.07) is 5.42. The van der Waals surface area contributed by atoms with E-state index in [2.05, 4.69) is 4.90 Å². The van der Waals surface area contributed by atoms with Gasteiger partial charge in [-0.1, -0.05) is 17.7 Å². The molecule has 2 saturated heterocycles. The smallest absolute Gasteiger partial charge is 0.243 e. The van der Waals surface area contributed by atoms with E-state index in [1.54, 1.807) is 6.07 Å². The third-order valence-electron chi connectivity index (χ3n) is 4.95. The number of sulfonamides is 1. The van der Waals surface area contributed by atoms with Crippen LogP contribution in [0.3, 0.4) is 0 Å². The SMILES string of the molecule is Cc1ccc(S(=O)(=O)N2CCN(C3CCS(=O)(=O)C3)CC2)c(C)c1. The van der Waals surface area contributed by atoms with Crippen LogP contribution in [0, 0.1) is 13.8 Å². The zero-order valence-corrected chi connectivity index (χ0v) is 15.7. The van der Waals surface area contributed by atoms with Crippen LogP contribution in [0.5, 0.6) is 0 Å². The molecule has 0 aromatic heterocycles. The Hall–Kier alpha value is -0.960. The Morgan fingerprint density at radius 2 is 1.75 bits per heavy atom. The third-order valence-corrected chi connectivity index (χ3v) is 8.76. The highest BCUT2D eigenvalue weighted by atomic mass is 32.2. The molecule has 2 fully saturated rings. The van der Waals surface area contributed by atoms with Gasteiger partial charge in [0.05, 0.1) is 16.4 Å². The van der Waals surface area contributed by atoms with Crippen LogP contribution in [0.25, 0.3) is 0 Å². The van der Waals surface area contributed by atoms with E-state index in [4.69, 9.17) is 0 Å². The summed E-state index contributed by atoms with van der Waals surface area (Å²) in [6.45, 7) is 5.75. The minimum Gasteiger partial charge on any atom is -0.297 e. The Labute approximate surface area is 144 Å². The molecule has 3 rings (SSSR count). The summed E-state index contributed by atoms with van der Waals surface area (Å²) in [5, 5.41) is 0.